The van der Waals surface area contributed by atoms with E-state index in [1.165, 1.54) is 11.8 Å². The molecule has 31 heavy (non-hydrogen) atoms. The monoisotopic (exact) mass is 564 g/mol. The second-order valence-corrected chi connectivity index (χ2v) is 10.1. The molecular weight excluding hydrogens is 531 g/mol. The molecule has 0 bridgehead atoms. The van der Waals surface area contributed by atoms with Crippen molar-refractivity contribution in [3.8, 4) is 0 Å². The Bertz CT molecular complexity index is 878. The number of para-hydroxylation sites is 1. The number of carbonyl (C=O) groups is 1. The van der Waals surface area contributed by atoms with E-state index in [9.17, 15) is 13.2 Å². The van der Waals surface area contributed by atoms with Crippen molar-refractivity contribution in [2.45, 2.75) is 25.2 Å². The van der Waals surface area contributed by atoms with Gasteiger partial charge in [-0.15, -0.1) is 24.0 Å². The molecule has 1 N–H and O–H groups in total. The Labute approximate surface area is 202 Å². The topological polar surface area (TPSA) is 91.3 Å². The number of nitrogens with zero attached hydrogens (tertiary/aromatic N) is 3. The van der Waals surface area contributed by atoms with Crippen LogP contribution in [0.4, 0.5) is 5.69 Å². The fourth-order valence-electron chi connectivity index (χ4n) is 4.04. The van der Waals surface area contributed by atoms with Gasteiger partial charge < -0.3 is 19.9 Å². The van der Waals surface area contributed by atoms with Crippen molar-refractivity contribution in [2.24, 2.45) is 4.99 Å². The number of benzene rings is 1. The van der Waals surface area contributed by atoms with E-state index in [1.807, 2.05) is 11.0 Å². The Hall–Kier alpha value is -1.40. The molecule has 2 aliphatic rings. The zero-order valence-corrected chi connectivity index (χ0v) is 21.4. The molecular formula is C21H33IN4O4S. The molecule has 10 heteroatoms. The standard InChI is InChI=1S/C21H32N4O4S.HI/c1-22-21(23-10-13-29-14-15-30(2,27)28)25-16-17(18-6-3-4-7-19(18)25)9-12-24-11-5-8-20(24)26;/h3-4,6-7,17H,5,8-16H2,1-2H3,(H,22,23);1H. The van der Waals surface area contributed by atoms with E-state index in [1.54, 1.807) is 7.05 Å². The van der Waals surface area contributed by atoms with E-state index in [0.29, 0.717) is 25.5 Å². The minimum atomic E-state index is -3.00. The first-order chi connectivity index (χ1) is 14.4. The van der Waals surface area contributed by atoms with Crippen molar-refractivity contribution in [1.29, 1.82) is 0 Å². The molecule has 0 aromatic heterocycles. The Morgan fingerprint density at radius 1 is 1.29 bits per heavy atom. The molecule has 0 aliphatic carbocycles. The van der Waals surface area contributed by atoms with Gasteiger partial charge in [-0.05, 0) is 24.5 Å². The highest BCUT2D eigenvalue weighted by Crippen LogP contribution is 2.38. The van der Waals surface area contributed by atoms with E-state index in [2.05, 4.69) is 33.4 Å². The van der Waals surface area contributed by atoms with Crippen molar-refractivity contribution in [3.05, 3.63) is 29.8 Å². The highest BCUT2D eigenvalue weighted by Gasteiger charge is 2.32. The van der Waals surface area contributed by atoms with Crippen LogP contribution in [-0.2, 0) is 19.4 Å². The molecule has 1 unspecified atom stereocenters. The molecule has 1 saturated heterocycles. The number of sulfone groups is 1. The Morgan fingerprint density at radius 3 is 2.74 bits per heavy atom. The van der Waals surface area contributed by atoms with Gasteiger partial charge in [-0.2, -0.15) is 0 Å². The first kappa shape index (κ1) is 25.9. The van der Waals surface area contributed by atoms with Crippen molar-refractivity contribution in [1.82, 2.24) is 10.2 Å². The number of anilines is 1. The molecule has 8 nitrogen and oxygen atoms in total. The van der Waals surface area contributed by atoms with Gasteiger partial charge in [-0.25, -0.2) is 8.42 Å². The number of guanidine groups is 1. The Balaban J connectivity index is 0.00000341. The van der Waals surface area contributed by atoms with Crippen LogP contribution in [-0.4, -0.2) is 83.6 Å². The fourth-order valence-corrected chi connectivity index (χ4v) is 4.46. The number of hydrogen-bond acceptors (Lipinski definition) is 5. The molecule has 1 aromatic carbocycles. The SMILES string of the molecule is CN=C(NCCOCCS(C)(=O)=O)N1CC(CCN2CCCC2=O)c2ccccc21.I. The van der Waals surface area contributed by atoms with Crippen LogP contribution in [0.25, 0.3) is 0 Å². The number of ether oxygens (including phenoxy) is 1. The Morgan fingerprint density at radius 2 is 2.06 bits per heavy atom. The molecule has 2 heterocycles. The molecule has 0 spiro atoms. The highest BCUT2D eigenvalue weighted by molar-refractivity contribution is 14.0. The second kappa shape index (κ2) is 12.0. The third-order valence-corrected chi connectivity index (χ3v) is 6.49. The number of likely N-dealkylation sites (tertiary alicyclic amines) is 1. The van der Waals surface area contributed by atoms with Gasteiger partial charge in [0.1, 0.15) is 9.84 Å². The van der Waals surface area contributed by atoms with Gasteiger partial charge in [0.2, 0.25) is 5.91 Å². The summed E-state index contributed by atoms with van der Waals surface area (Å²) in [5, 5.41) is 3.31. The molecule has 1 fully saturated rings. The number of carbonyl (C=O) groups excluding carboxylic acids is 1. The van der Waals surface area contributed by atoms with Gasteiger partial charge in [0.15, 0.2) is 5.96 Å². The van der Waals surface area contributed by atoms with Crippen molar-refractivity contribution >= 4 is 51.4 Å². The van der Waals surface area contributed by atoms with E-state index in [0.717, 1.165) is 44.1 Å². The number of halogens is 1. The van der Waals surface area contributed by atoms with Crippen molar-refractivity contribution in [2.75, 3.05) is 63.3 Å². The average Bonchev–Trinajstić information content (AvgIpc) is 3.28. The molecule has 1 amide bonds. The van der Waals surface area contributed by atoms with E-state index < -0.39 is 9.84 Å². The van der Waals surface area contributed by atoms with Crippen LogP contribution in [0, 0.1) is 0 Å². The van der Waals surface area contributed by atoms with Crippen LogP contribution in [0.5, 0.6) is 0 Å². The molecule has 2 aliphatic heterocycles. The zero-order valence-electron chi connectivity index (χ0n) is 18.2. The summed E-state index contributed by atoms with van der Waals surface area (Å²) in [6.45, 7) is 3.64. The third-order valence-electron chi connectivity index (χ3n) is 5.58. The van der Waals surface area contributed by atoms with Gasteiger partial charge in [-0.3, -0.25) is 9.79 Å². The maximum Gasteiger partial charge on any atom is 0.222 e. The van der Waals surface area contributed by atoms with Gasteiger partial charge in [0.25, 0.3) is 0 Å². The number of nitrogens with one attached hydrogen (secondary N) is 1. The van der Waals surface area contributed by atoms with Gasteiger partial charge in [-0.1, -0.05) is 18.2 Å². The van der Waals surface area contributed by atoms with Crippen LogP contribution in [0.15, 0.2) is 29.3 Å². The summed E-state index contributed by atoms with van der Waals surface area (Å²) >= 11 is 0. The molecule has 0 radical (unpaired) electrons. The second-order valence-electron chi connectivity index (χ2n) is 7.86. The number of amides is 1. The quantitative estimate of drug-likeness (QED) is 0.213. The summed E-state index contributed by atoms with van der Waals surface area (Å²) in [6.07, 6.45) is 3.79. The first-order valence-corrected chi connectivity index (χ1v) is 12.6. The maximum atomic E-state index is 11.9. The van der Waals surface area contributed by atoms with E-state index >= 15 is 0 Å². The van der Waals surface area contributed by atoms with Crippen LogP contribution >= 0.6 is 24.0 Å². The lowest BCUT2D eigenvalue weighted by molar-refractivity contribution is -0.127. The lowest BCUT2D eigenvalue weighted by Crippen LogP contribution is -2.42. The summed E-state index contributed by atoms with van der Waals surface area (Å²) in [4.78, 5) is 20.5. The minimum absolute atomic E-state index is 0. The molecule has 3 rings (SSSR count). The van der Waals surface area contributed by atoms with Gasteiger partial charge in [0, 0.05) is 57.5 Å². The largest absolute Gasteiger partial charge is 0.379 e. The zero-order chi connectivity index (χ0) is 21.6. The number of aliphatic imine (C=N–C) groups is 1. The van der Waals surface area contributed by atoms with Crippen LogP contribution in [0.1, 0.15) is 30.7 Å². The van der Waals surface area contributed by atoms with Crippen molar-refractivity contribution in [3.63, 3.8) is 0 Å². The van der Waals surface area contributed by atoms with Gasteiger partial charge >= 0.3 is 0 Å². The number of fused-ring (bicyclic) bond motifs is 1. The summed E-state index contributed by atoms with van der Waals surface area (Å²) < 4.78 is 27.7. The molecule has 1 atom stereocenters. The smallest absolute Gasteiger partial charge is 0.222 e. The first-order valence-electron chi connectivity index (χ1n) is 10.5. The number of hydrogen-bond donors (Lipinski definition) is 1. The average molecular weight is 564 g/mol. The summed E-state index contributed by atoms with van der Waals surface area (Å²) in [7, 11) is -1.25. The summed E-state index contributed by atoms with van der Waals surface area (Å²) in [5.74, 6) is 1.42. The van der Waals surface area contributed by atoms with Crippen molar-refractivity contribution < 1.29 is 17.9 Å². The van der Waals surface area contributed by atoms with Crippen LogP contribution in [0.3, 0.4) is 0 Å². The fraction of sp³-hybridized carbons (Fsp3) is 0.619. The van der Waals surface area contributed by atoms with E-state index in [-0.39, 0.29) is 42.2 Å². The lowest BCUT2D eigenvalue weighted by atomic mass is 9.98. The van der Waals surface area contributed by atoms with Crippen LogP contribution < -0.4 is 10.2 Å². The summed E-state index contributed by atoms with van der Waals surface area (Å²) in [5.41, 5.74) is 2.43. The maximum absolute atomic E-state index is 11.9. The lowest BCUT2D eigenvalue weighted by Gasteiger charge is -2.23. The molecule has 174 valence electrons. The Kier molecular flexibility index (Phi) is 10.0. The van der Waals surface area contributed by atoms with Gasteiger partial charge in [0.05, 0.1) is 19.0 Å². The summed E-state index contributed by atoms with van der Waals surface area (Å²) in [6, 6.07) is 8.35. The highest BCUT2D eigenvalue weighted by atomic mass is 127. The number of rotatable bonds is 9. The molecule has 1 aromatic rings. The predicted octanol–water partition coefficient (Wildman–Crippen LogP) is 1.86. The predicted molar refractivity (Wildman–Crippen MR) is 134 cm³/mol. The van der Waals surface area contributed by atoms with E-state index in [4.69, 9.17) is 4.74 Å². The normalized spacial score (nSPS) is 18.8. The van der Waals surface area contributed by atoms with Crippen LogP contribution in [0.2, 0.25) is 0 Å². The molecule has 0 saturated carbocycles. The minimum Gasteiger partial charge on any atom is -0.379 e. The third kappa shape index (κ3) is 7.31.